The molecule has 1 aliphatic heterocycles. The van der Waals surface area contributed by atoms with E-state index >= 15 is 0 Å². The Labute approximate surface area is 65.4 Å². The van der Waals surface area contributed by atoms with Crippen LogP contribution in [0.3, 0.4) is 0 Å². The first-order valence-electron chi connectivity index (χ1n) is 3.78. The summed E-state index contributed by atoms with van der Waals surface area (Å²) in [6.45, 7) is -0.00944. The molecule has 0 aromatic carbocycles. The first kappa shape index (κ1) is 8.49. The fourth-order valence-electron chi connectivity index (χ4n) is 1.52. The number of rotatable bonds is 3. The molecule has 64 valence electrons. The first-order chi connectivity index (χ1) is 5.33. The lowest BCUT2D eigenvalue weighted by Gasteiger charge is -2.23. The molecule has 0 radical (unpaired) electrons. The van der Waals surface area contributed by atoms with Gasteiger partial charge in [0.25, 0.3) is 0 Å². The highest BCUT2D eigenvalue weighted by atomic mass is 16.3. The van der Waals surface area contributed by atoms with Crippen LogP contribution in [0.15, 0.2) is 0 Å². The smallest absolute Gasteiger partial charge is 0.210 e. The number of carbonyl (C=O) groups excluding carboxylic acids is 1. The molecule has 11 heavy (non-hydrogen) atoms. The molecule has 2 N–H and O–H groups in total. The Balaban J connectivity index is 2.54. The van der Waals surface area contributed by atoms with Gasteiger partial charge in [0, 0.05) is 0 Å². The van der Waals surface area contributed by atoms with Crippen LogP contribution < -0.4 is 0 Å². The van der Waals surface area contributed by atoms with Crippen molar-refractivity contribution >= 4 is 6.41 Å². The van der Waals surface area contributed by atoms with E-state index in [1.807, 2.05) is 0 Å². The minimum Gasteiger partial charge on any atom is -0.394 e. The van der Waals surface area contributed by atoms with E-state index in [0.29, 0.717) is 6.41 Å². The highest BCUT2D eigenvalue weighted by molar-refractivity contribution is 5.49. The molecule has 0 aromatic heterocycles. The van der Waals surface area contributed by atoms with Crippen molar-refractivity contribution < 1.29 is 15.0 Å². The Morgan fingerprint density at radius 1 is 1.27 bits per heavy atom. The molecule has 2 atom stereocenters. The molecule has 0 bridgehead atoms. The Hall–Kier alpha value is -0.610. The molecule has 1 aliphatic rings. The van der Waals surface area contributed by atoms with E-state index < -0.39 is 0 Å². The minimum absolute atomic E-state index is 0.00472. The van der Waals surface area contributed by atoms with Gasteiger partial charge < -0.3 is 15.1 Å². The van der Waals surface area contributed by atoms with Crippen molar-refractivity contribution in [1.29, 1.82) is 0 Å². The highest BCUT2D eigenvalue weighted by Crippen LogP contribution is 2.21. The molecule has 4 heteroatoms. The van der Waals surface area contributed by atoms with Crippen LogP contribution in [0.5, 0.6) is 0 Å². The molecule has 0 saturated carbocycles. The van der Waals surface area contributed by atoms with Crippen LogP contribution in [0.4, 0.5) is 0 Å². The van der Waals surface area contributed by atoms with E-state index in [1.54, 1.807) is 0 Å². The molecule has 1 rings (SSSR count). The van der Waals surface area contributed by atoms with Gasteiger partial charge in [0.1, 0.15) is 0 Å². The van der Waals surface area contributed by atoms with Gasteiger partial charge in [0.2, 0.25) is 6.41 Å². The van der Waals surface area contributed by atoms with Crippen LogP contribution in [0.2, 0.25) is 0 Å². The Kier molecular flexibility index (Phi) is 2.84. The number of hydrogen-bond acceptors (Lipinski definition) is 3. The summed E-state index contributed by atoms with van der Waals surface area (Å²) in [4.78, 5) is 11.9. The van der Waals surface area contributed by atoms with Gasteiger partial charge in [-0.05, 0) is 12.8 Å². The summed E-state index contributed by atoms with van der Waals surface area (Å²) in [6, 6.07) is -0.158. The van der Waals surface area contributed by atoms with Gasteiger partial charge in [0.05, 0.1) is 25.3 Å². The Bertz CT molecular complexity index is 128. The van der Waals surface area contributed by atoms with E-state index in [1.165, 1.54) is 4.90 Å². The summed E-state index contributed by atoms with van der Waals surface area (Å²) >= 11 is 0. The van der Waals surface area contributed by atoms with Crippen LogP contribution in [0, 0.1) is 0 Å². The second kappa shape index (κ2) is 3.69. The van der Waals surface area contributed by atoms with Gasteiger partial charge >= 0.3 is 0 Å². The predicted molar refractivity (Wildman–Crippen MR) is 38.9 cm³/mol. The molecule has 1 saturated heterocycles. The lowest BCUT2D eigenvalue weighted by atomic mass is 10.2. The van der Waals surface area contributed by atoms with E-state index in [-0.39, 0.29) is 25.3 Å². The first-order valence-corrected chi connectivity index (χ1v) is 3.78. The molecule has 0 spiro atoms. The van der Waals surface area contributed by atoms with Gasteiger partial charge in [-0.3, -0.25) is 4.79 Å². The fourth-order valence-corrected chi connectivity index (χ4v) is 1.52. The number of nitrogens with zero attached hydrogens (tertiary/aromatic N) is 1. The number of aliphatic hydroxyl groups excluding tert-OH is 2. The third-order valence-electron chi connectivity index (χ3n) is 2.22. The van der Waals surface area contributed by atoms with Crippen LogP contribution in [0.1, 0.15) is 12.8 Å². The van der Waals surface area contributed by atoms with Gasteiger partial charge in [-0.1, -0.05) is 0 Å². The van der Waals surface area contributed by atoms with Crippen molar-refractivity contribution in [1.82, 2.24) is 4.90 Å². The second-order valence-corrected chi connectivity index (χ2v) is 2.80. The van der Waals surface area contributed by atoms with E-state index in [9.17, 15) is 4.79 Å². The predicted octanol–water partition coefficient (Wildman–Crippen LogP) is -1.04. The lowest BCUT2D eigenvalue weighted by molar-refractivity contribution is -0.122. The molecule has 0 unspecified atom stereocenters. The molecule has 0 aromatic rings. The number of hydrogen-bond donors (Lipinski definition) is 2. The maximum atomic E-state index is 10.4. The number of likely N-dealkylation sites (tertiary alicyclic amines) is 1. The SMILES string of the molecule is O=CN1[C@H](CO)CC[C@@H]1CO. The third-order valence-corrected chi connectivity index (χ3v) is 2.22. The van der Waals surface area contributed by atoms with Crippen LogP contribution in [0.25, 0.3) is 0 Å². The Morgan fingerprint density at radius 2 is 1.73 bits per heavy atom. The zero-order chi connectivity index (χ0) is 8.27. The summed E-state index contributed by atoms with van der Waals surface area (Å²) in [7, 11) is 0. The summed E-state index contributed by atoms with van der Waals surface area (Å²) < 4.78 is 0. The number of carbonyl (C=O) groups is 1. The van der Waals surface area contributed by atoms with Gasteiger partial charge in [-0.25, -0.2) is 0 Å². The standard InChI is InChI=1S/C7H13NO3/c9-3-6-1-2-7(4-10)8(6)5-11/h5-7,9-10H,1-4H2/t6-,7+. The number of amides is 1. The van der Waals surface area contributed by atoms with Crippen molar-refractivity contribution in [2.24, 2.45) is 0 Å². The normalized spacial score (nSPS) is 30.9. The third kappa shape index (κ3) is 1.52. The lowest BCUT2D eigenvalue weighted by Crippen LogP contribution is -2.38. The maximum Gasteiger partial charge on any atom is 0.210 e. The van der Waals surface area contributed by atoms with Gasteiger partial charge in [-0.15, -0.1) is 0 Å². The average Bonchev–Trinajstić information content (AvgIpc) is 2.45. The zero-order valence-corrected chi connectivity index (χ0v) is 6.31. The molecular weight excluding hydrogens is 146 g/mol. The zero-order valence-electron chi connectivity index (χ0n) is 6.31. The summed E-state index contributed by atoms with van der Waals surface area (Å²) in [6.07, 6.45) is 2.29. The molecule has 1 fully saturated rings. The summed E-state index contributed by atoms with van der Waals surface area (Å²) in [5.41, 5.74) is 0. The van der Waals surface area contributed by atoms with Gasteiger partial charge in [0.15, 0.2) is 0 Å². The average molecular weight is 159 g/mol. The van der Waals surface area contributed by atoms with Gasteiger partial charge in [-0.2, -0.15) is 0 Å². The van der Waals surface area contributed by atoms with Crippen LogP contribution in [-0.2, 0) is 4.79 Å². The minimum atomic E-state index is -0.0790. The maximum absolute atomic E-state index is 10.4. The van der Waals surface area contributed by atoms with Crippen LogP contribution >= 0.6 is 0 Å². The molecular formula is C7H13NO3. The van der Waals surface area contributed by atoms with E-state index in [0.717, 1.165) is 12.8 Å². The fraction of sp³-hybridized carbons (Fsp3) is 0.857. The summed E-state index contributed by atoms with van der Waals surface area (Å²) in [5.74, 6) is 0. The van der Waals surface area contributed by atoms with Crippen molar-refractivity contribution in [3.8, 4) is 0 Å². The Morgan fingerprint density at radius 3 is 2.00 bits per heavy atom. The van der Waals surface area contributed by atoms with E-state index in [4.69, 9.17) is 10.2 Å². The number of aliphatic hydroxyl groups is 2. The van der Waals surface area contributed by atoms with Crippen molar-refractivity contribution in [2.45, 2.75) is 24.9 Å². The van der Waals surface area contributed by atoms with Crippen molar-refractivity contribution in [3.63, 3.8) is 0 Å². The molecule has 1 heterocycles. The summed E-state index contributed by atoms with van der Waals surface area (Å²) in [5, 5.41) is 17.6. The van der Waals surface area contributed by atoms with E-state index in [2.05, 4.69) is 0 Å². The topological polar surface area (TPSA) is 60.8 Å². The molecule has 1 amide bonds. The second-order valence-electron chi connectivity index (χ2n) is 2.80. The van der Waals surface area contributed by atoms with Crippen molar-refractivity contribution in [3.05, 3.63) is 0 Å². The molecule has 0 aliphatic carbocycles. The van der Waals surface area contributed by atoms with Crippen molar-refractivity contribution in [2.75, 3.05) is 13.2 Å². The highest BCUT2D eigenvalue weighted by Gasteiger charge is 2.30. The quantitative estimate of drug-likeness (QED) is 0.517. The van der Waals surface area contributed by atoms with Crippen LogP contribution in [-0.4, -0.2) is 46.8 Å². The largest absolute Gasteiger partial charge is 0.394 e. The monoisotopic (exact) mass is 159 g/mol. The molecule has 4 nitrogen and oxygen atoms in total.